The lowest BCUT2D eigenvalue weighted by atomic mass is 10.2. The first-order valence-corrected chi connectivity index (χ1v) is 4.89. The van der Waals surface area contributed by atoms with Gasteiger partial charge in [0.05, 0.1) is 6.61 Å². The number of carbonyl (C=O) groups is 1. The molecule has 1 N–H and O–H groups in total. The summed E-state index contributed by atoms with van der Waals surface area (Å²) >= 11 is 0. The van der Waals surface area contributed by atoms with Crippen LogP contribution in [-0.4, -0.2) is 43.3 Å². The van der Waals surface area contributed by atoms with Gasteiger partial charge in [-0.05, 0) is 13.3 Å². The maximum Gasteiger partial charge on any atom is 0.409 e. The Kier molecular flexibility index (Phi) is 4.02. The second kappa shape index (κ2) is 5.07. The molecule has 0 radical (unpaired) electrons. The molecule has 1 fully saturated rings. The van der Waals surface area contributed by atoms with Crippen LogP contribution in [0.3, 0.4) is 0 Å². The van der Waals surface area contributed by atoms with Gasteiger partial charge in [-0.3, -0.25) is 0 Å². The molecule has 0 aromatic heterocycles. The second-order valence-electron chi connectivity index (χ2n) is 3.42. The Hall–Kier alpha value is -0.770. The molecule has 0 saturated carbocycles. The zero-order chi connectivity index (χ0) is 9.68. The van der Waals surface area contributed by atoms with Crippen molar-refractivity contribution in [3.63, 3.8) is 0 Å². The molecule has 1 aliphatic heterocycles. The lowest BCUT2D eigenvalue weighted by molar-refractivity contribution is 0.0919. The summed E-state index contributed by atoms with van der Waals surface area (Å²) < 4.78 is 5.04. The third kappa shape index (κ3) is 3.22. The van der Waals surface area contributed by atoms with Crippen LogP contribution in [0.2, 0.25) is 0 Å². The van der Waals surface area contributed by atoms with Gasteiger partial charge in [0.15, 0.2) is 0 Å². The normalized spacial score (nSPS) is 22.9. The van der Waals surface area contributed by atoms with Crippen LogP contribution in [0.4, 0.5) is 4.79 Å². The highest BCUT2D eigenvalue weighted by Gasteiger charge is 2.20. The van der Waals surface area contributed by atoms with Crippen molar-refractivity contribution in [1.82, 2.24) is 10.2 Å². The van der Waals surface area contributed by atoms with Crippen LogP contribution in [0.25, 0.3) is 0 Å². The molecule has 1 aliphatic rings. The summed E-state index contributed by atoms with van der Waals surface area (Å²) in [7, 11) is 0. The lowest BCUT2D eigenvalue weighted by Crippen LogP contribution is -2.51. The van der Waals surface area contributed by atoms with Crippen LogP contribution in [0.1, 0.15) is 20.3 Å². The number of hydrogen-bond acceptors (Lipinski definition) is 3. The Morgan fingerprint density at radius 1 is 1.69 bits per heavy atom. The fraction of sp³-hybridized carbons (Fsp3) is 0.889. The first kappa shape index (κ1) is 10.3. The first-order valence-electron chi connectivity index (χ1n) is 4.89. The van der Waals surface area contributed by atoms with Crippen LogP contribution >= 0.6 is 0 Å². The van der Waals surface area contributed by atoms with Crippen LogP contribution in [0, 0.1) is 0 Å². The molecule has 0 unspecified atom stereocenters. The summed E-state index contributed by atoms with van der Waals surface area (Å²) in [4.78, 5) is 13.1. The molecule has 0 spiro atoms. The largest absolute Gasteiger partial charge is 0.449 e. The van der Waals surface area contributed by atoms with E-state index in [9.17, 15) is 4.79 Å². The summed E-state index contributed by atoms with van der Waals surface area (Å²) in [6.45, 7) is 6.96. The van der Waals surface area contributed by atoms with Crippen molar-refractivity contribution < 1.29 is 9.53 Å². The number of nitrogens with one attached hydrogen (secondary N) is 1. The molecule has 1 saturated heterocycles. The SMILES string of the molecule is CCCOC(=O)N1CCN[C@H](C)C1. The van der Waals surface area contributed by atoms with E-state index in [0.29, 0.717) is 12.6 Å². The molecule has 4 heteroatoms. The number of carbonyl (C=O) groups excluding carboxylic acids is 1. The Labute approximate surface area is 79.2 Å². The van der Waals surface area contributed by atoms with E-state index in [1.54, 1.807) is 4.90 Å². The number of ether oxygens (including phenoxy) is 1. The van der Waals surface area contributed by atoms with E-state index in [0.717, 1.165) is 26.1 Å². The van der Waals surface area contributed by atoms with Crippen molar-refractivity contribution >= 4 is 6.09 Å². The Balaban J connectivity index is 2.28. The maximum atomic E-state index is 11.4. The maximum absolute atomic E-state index is 11.4. The van der Waals surface area contributed by atoms with Crippen molar-refractivity contribution in [2.24, 2.45) is 0 Å². The van der Waals surface area contributed by atoms with Crippen molar-refractivity contribution in [3.05, 3.63) is 0 Å². The average Bonchev–Trinajstić information content (AvgIpc) is 2.14. The fourth-order valence-corrected chi connectivity index (χ4v) is 1.38. The topological polar surface area (TPSA) is 41.6 Å². The van der Waals surface area contributed by atoms with Gasteiger partial charge >= 0.3 is 6.09 Å². The smallest absolute Gasteiger partial charge is 0.409 e. The predicted molar refractivity (Wildman–Crippen MR) is 50.7 cm³/mol. The van der Waals surface area contributed by atoms with E-state index in [-0.39, 0.29) is 6.09 Å². The second-order valence-corrected chi connectivity index (χ2v) is 3.42. The Bertz CT molecular complexity index is 173. The van der Waals surface area contributed by atoms with E-state index in [1.807, 2.05) is 6.92 Å². The van der Waals surface area contributed by atoms with Crippen molar-refractivity contribution in [1.29, 1.82) is 0 Å². The number of amides is 1. The van der Waals surface area contributed by atoms with Gasteiger partial charge in [-0.15, -0.1) is 0 Å². The van der Waals surface area contributed by atoms with Gasteiger partial charge in [0.25, 0.3) is 0 Å². The fourth-order valence-electron chi connectivity index (χ4n) is 1.38. The van der Waals surface area contributed by atoms with Gasteiger partial charge in [0.1, 0.15) is 0 Å². The molecule has 1 heterocycles. The highest BCUT2D eigenvalue weighted by molar-refractivity contribution is 5.67. The first-order chi connectivity index (χ1) is 6.24. The molecule has 4 nitrogen and oxygen atoms in total. The molecule has 0 aromatic carbocycles. The molecule has 1 atom stereocenters. The third-order valence-corrected chi connectivity index (χ3v) is 2.06. The minimum absolute atomic E-state index is 0.171. The van der Waals surface area contributed by atoms with Crippen molar-refractivity contribution in [2.45, 2.75) is 26.3 Å². The standard InChI is InChI=1S/C9H18N2O2/c1-3-6-13-9(12)11-5-4-10-8(2)7-11/h8,10H,3-7H2,1-2H3/t8-/m1/s1. The van der Waals surface area contributed by atoms with E-state index in [4.69, 9.17) is 4.74 Å². The van der Waals surface area contributed by atoms with Crippen LogP contribution in [0.5, 0.6) is 0 Å². The van der Waals surface area contributed by atoms with Crippen LogP contribution in [0.15, 0.2) is 0 Å². The van der Waals surface area contributed by atoms with Crippen molar-refractivity contribution in [3.8, 4) is 0 Å². The predicted octanol–water partition coefficient (Wildman–Crippen LogP) is 0.827. The molecular formula is C9H18N2O2. The summed E-state index contributed by atoms with van der Waals surface area (Å²) in [5.41, 5.74) is 0. The Morgan fingerprint density at radius 3 is 3.08 bits per heavy atom. The molecule has 0 aromatic rings. The number of piperazine rings is 1. The van der Waals surface area contributed by atoms with Gasteiger partial charge < -0.3 is 15.0 Å². The molecule has 76 valence electrons. The van der Waals surface area contributed by atoms with E-state index in [2.05, 4.69) is 12.2 Å². The number of nitrogens with zero attached hydrogens (tertiary/aromatic N) is 1. The highest BCUT2D eigenvalue weighted by Crippen LogP contribution is 2.01. The average molecular weight is 186 g/mol. The van der Waals surface area contributed by atoms with Gasteiger partial charge in [-0.1, -0.05) is 6.92 Å². The van der Waals surface area contributed by atoms with Crippen LogP contribution < -0.4 is 5.32 Å². The minimum atomic E-state index is -0.171. The van der Waals surface area contributed by atoms with Gasteiger partial charge in [-0.2, -0.15) is 0 Å². The summed E-state index contributed by atoms with van der Waals surface area (Å²) in [5.74, 6) is 0. The zero-order valence-electron chi connectivity index (χ0n) is 8.38. The molecular weight excluding hydrogens is 168 g/mol. The molecule has 1 amide bonds. The number of hydrogen-bond donors (Lipinski definition) is 1. The molecule has 13 heavy (non-hydrogen) atoms. The molecule has 1 rings (SSSR count). The van der Waals surface area contributed by atoms with Crippen LogP contribution in [-0.2, 0) is 4.74 Å². The zero-order valence-corrected chi connectivity index (χ0v) is 8.38. The summed E-state index contributed by atoms with van der Waals surface area (Å²) in [5, 5.41) is 3.27. The lowest BCUT2D eigenvalue weighted by Gasteiger charge is -2.30. The minimum Gasteiger partial charge on any atom is -0.449 e. The molecule has 0 aliphatic carbocycles. The van der Waals surface area contributed by atoms with E-state index >= 15 is 0 Å². The van der Waals surface area contributed by atoms with Crippen molar-refractivity contribution in [2.75, 3.05) is 26.2 Å². The quantitative estimate of drug-likeness (QED) is 0.694. The van der Waals surface area contributed by atoms with E-state index in [1.165, 1.54) is 0 Å². The summed E-state index contributed by atoms with van der Waals surface area (Å²) in [6.07, 6.45) is 0.711. The summed E-state index contributed by atoms with van der Waals surface area (Å²) in [6, 6.07) is 0.378. The van der Waals surface area contributed by atoms with E-state index < -0.39 is 0 Å². The number of rotatable bonds is 2. The third-order valence-electron chi connectivity index (χ3n) is 2.06. The highest BCUT2D eigenvalue weighted by atomic mass is 16.6. The van der Waals surface area contributed by atoms with Gasteiger partial charge in [0, 0.05) is 25.7 Å². The monoisotopic (exact) mass is 186 g/mol. The van der Waals surface area contributed by atoms with Gasteiger partial charge in [0.2, 0.25) is 0 Å². The Morgan fingerprint density at radius 2 is 2.46 bits per heavy atom. The molecule has 0 bridgehead atoms. The van der Waals surface area contributed by atoms with Gasteiger partial charge in [-0.25, -0.2) is 4.79 Å².